The summed E-state index contributed by atoms with van der Waals surface area (Å²) in [7, 11) is -4.65. The first-order chi connectivity index (χ1) is 14.1. The summed E-state index contributed by atoms with van der Waals surface area (Å²) in [6.45, 7) is 0. The molecule has 0 atom stereocenters. The third-order valence-electron chi connectivity index (χ3n) is 5.38. The zero-order valence-electron chi connectivity index (χ0n) is 16.6. The van der Waals surface area contributed by atoms with E-state index in [4.69, 9.17) is 0 Å². The first kappa shape index (κ1) is 23.8. The number of nitrogens with zero attached hydrogens (tertiary/aromatic N) is 2. The molecule has 0 aliphatic heterocycles. The Kier molecular flexibility index (Phi) is 6.62. The van der Waals surface area contributed by atoms with Crippen molar-refractivity contribution in [1.82, 2.24) is 3.97 Å². The maximum atomic E-state index is 12.5. The molecule has 1 heterocycles. The first-order valence-corrected chi connectivity index (χ1v) is 10.7. The van der Waals surface area contributed by atoms with Crippen LogP contribution in [0.2, 0.25) is 0 Å². The van der Waals surface area contributed by atoms with E-state index in [1.807, 2.05) is 6.07 Å². The number of carbonyl (C=O) groups excluding carboxylic acids is 2. The van der Waals surface area contributed by atoms with E-state index in [0.29, 0.717) is 21.9 Å². The fourth-order valence-electron chi connectivity index (χ4n) is 4.13. The van der Waals surface area contributed by atoms with Crippen molar-refractivity contribution < 1.29 is 60.7 Å². The number of halogens is 3. The molecule has 0 spiro atoms. The molecule has 1 N–H and O–H groups in total. The molecule has 4 rings (SSSR count). The smallest absolute Gasteiger partial charge is 0.423 e. The van der Waals surface area contributed by atoms with Crippen LogP contribution in [0.1, 0.15) is 45.5 Å². The Morgan fingerprint density at radius 3 is 2.39 bits per heavy atom. The molecule has 2 aromatic rings. The predicted molar refractivity (Wildman–Crippen MR) is 102 cm³/mol. The summed E-state index contributed by atoms with van der Waals surface area (Å²) in [5, 5.41) is 2.51. The maximum Gasteiger partial charge on any atom is 1.00 e. The van der Waals surface area contributed by atoms with Crippen LogP contribution in [-0.2, 0) is 35.9 Å². The first-order valence-electron chi connectivity index (χ1n) is 9.32. The van der Waals surface area contributed by atoms with Gasteiger partial charge in [-0.1, -0.05) is 6.07 Å². The summed E-state index contributed by atoms with van der Waals surface area (Å²) in [6.07, 6.45) is 1.62. The van der Waals surface area contributed by atoms with E-state index in [1.54, 1.807) is 0 Å². The second-order valence-corrected chi connectivity index (χ2v) is 8.78. The summed E-state index contributed by atoms with van der Waals surface area (Å²) in [4.78, 5) is 23.5. The summed E-state index contributed by atoms with van der Waals surface area (Å²) < 4.78 is 65.5. The van der Waals surface area contributed by atoms with Crippen molar-refractivity contribution in [3.8, 4) is 0 Å². The Bertz CT molecular complexity index is 1160. The summed E-state index contributed by atoms with van der Waals surface area (Å²) in [5.41, 5.74) is 4.30. The fourth-order valence-corrected chi connectivity index (χ4v) is 4.94. The zero-order valence-corrected chi connectivity index (χ0v) is 19.4. The normalized spacial score (nSPS) is 15.1. The van der Waals surface area contributed by atoms with Gasteiger partial charge in [0.1, 0.15) is 0 Å². The largest absolute Gasteiger partial charge is 1.00 e. The Labute approximate surface area is 198 Å². The SMILES string of the molecule is O=C([N-]S(=O)(=O)n1ccc(C(=O)C(F)(F)F)c1)Nc1cc2c(c3c1CCC3)CCC2.[Na+]. The van der Waals surface area contributed by atoms with Gasteiger partial charge in [0.2, 0.25) is 0 Å². The molecule has 7 nitrogen and oxygen atoms in total. The second kappa shape index (κ2) is 8.61. The van der Waals surface area contributed by atoms with Gasteiger partial charge >= 0.3 is 35.7 Å². The van der Waals surface area contributed by atoms with Gasteiger partial charge < -0.3 is 10.0 Å². The topological polar surface area (TPSA) is 99.3 Å². The minimum Gasteiger partial charge on any atom is -0.423 e. The van der Waals surface area contributed by atoms with E-state index in [-0.39, 0.29) is 29.6 Å². The predicted octanol–water partition coefficient (Wildman–Crippen LogP) is 0.913. The van der Waals surface area contributed by atoms with E-state index in [1.165, 1.54) is 11.1 Å². The average molecular weight is 463 g/mol. The Balaban J connectivity index is 0.00000272. The Morgan fingerprint density at radius 1 is 1.03 bits per heavy atom. The number of nitrogens with one attached hydrogen (secondary N) is 1. The van der Waals surface area contributed by atoms with Gasteiger partial charge in [-0.3, -0.25) is 9.59 Å². The van der Waals surface area contributed by atoms with Gasteiger partial charge in [0.05, 0.1) is 0 Å². The molecule has 0 fully saturated rings. The second-order valence-electron chi connectivity index (χ2n) is 7.28. The monoisotopic (exact) mass is 463 g/mol. The molecule has 160 valence electrons. The van der Waals surface area contributed by atoms with E-state index < -0.39 is 33.8 Å². The number of rotatable bonds is 4. The third-order valence-corrected chi connectivity index (χ3v) is 6.54. The number of amides is 2. The summed E-state index contributed by atoms with van der Waals surface area (Å²) in [5.74, 6) is -2.19. The number of anilines is 1. The van der Waals surface area contributed by atoms with Crippen LogP contribution in [0.5, 0.6) is 0 Å². The number of carbonyl (C=O) groups is 2. The van der Waals surface area contributed by atoms with Gasteiger partial charge in [0.15, 0.2) is 6.03 Å². The van der Waals surface area contributed by atoms with Gasteiger partial charge in [-0.15, -0.1) is 0 Å². The van der Waals surface area contributed by atoms with Gasteiger partial charge in [0.25, 0.3) is 16.0 Å². The molecule has 0 unspecified atom stereocenters. The number of hydrogen-bond acceptors (Lipinski definition) is 4. The van der Waals surface area contributed by atoms with E-state index in [2.05, 4.69) is 10.0 Å². The van der Waals surface area contributed by atoms with Crippen LogP contribution < -0.4 is 34.9 Å². The van der Waals surface area contributed by atoms with Gasteiger partial charge in [-0.2, -0.15) is 13.2 Å². The van der Waals surface area contributed by atoms with Crippen LogP contribution in [0.3, 0.4) is 0 Å². The van der Waals surface area contributed by atoms with Crippen molar-refractivity contribution >= 4 is 27.7 Å². The molecule has 2 aliphatic carbocycles. The van der Waals surface area contributed by atoms with Crippen LogP contribution in [0.4, 0.5) is 23.7 Å². The van der Waals surface area contributed by atoms with Crippen LogP contribution in [-0.4, -0.2) is 30.4 Å². The van der Waals surface area contributed by atoms with Crippen molar-refractivity contribution in [2.24, 2.45) is 0 Å². The van der Waals surface area contributed by atoms with Crippen LogP contribution in [0.15, 0.2) is 24.5 Å². The molecule has 0 bridgehead atoms. The standard InChI is InChI=1S/C19H18F3N3O4S.Na/c20-19(21,22)17(26)12-7-8-25(10-12)30(28,29)24-18(27)23-16-9-11-3-1-4-13(11)14-5-2-6-15(14)16;/h7-10H,1-6H2,(H2,23,24,27);/q;+1/p-1. The number of aryl methyl sites for hydroxylation is 1. The molecule has 1 aromatic heterocycles. The van der Waals surface area contributed by atoms with Crippen LogP contribution >= 0.6 is 0 Å². The number of ketones is 1. The fraction of sp³-hybridized carbons (Fsp3) is 0.368. The number of hydrogen-bond donors (Lipinski definition) is 1. The molecular formula is C19H17F3N3NaO4S. The zero-order chi connectivity index (χ0) is 21.7. The van der Waals surface area contributed by atoms with E-state index in [9.17, 15) is 31.2 Å². The van der Waals surface area contributed by atoms with Crippen molar-refractivity contribution in [3.63, 3.8) is 0 Å². The number of benzene rings is 1. The number of urea groups is 1. The van der Waals surface area contributed by atoms with Gasteiger partial charge in [-0.25, -0.2) is 12.4 Å². The molecule has 2 amide bonds. The summed E-state index contributed by atoms with van der Waals surface area (Å²) >= 11 is 0. The quantitative estimate of drug-likeness (QED) is 0.538. The molecular weight excluding hydrogens is 446 g/mol. The van der Waals surface area contributed by atoms with Crippen molar-refractivity contribution in [1.29, 1.82) is 0 Å². The number of Topliss-reactive ketones (excluding diaryl/α,β-unsaturated/α-hetero) is 1. The molecule has 1 aromatic carbocycles. The molecule has 31 heavy (non-hydrogen) atoms. The maximum absolute atomic E-state index is 12.5. The number of fused-ring (bicyclic) bond motifs is 3. The minimum atomic E-state index is -5.14. The summed E-state index contributed by atoms with van der Waals surface area (Å²) in [6, 6.07) is 1.40. The molecule has 0 saturated carbocycles. The third kappa shape index (κ3) is 4.69. The Hall–Kier alpha value is -1.82. The van der Waals surface area contributed by atoms with Gasteiger partial charge in [-0.05, 0) is 72.5 Å². The van der Waals surface area contributed by atoms with E-state index in [0.717, 1.165) is 55.8 Å². The number of aromatic nitrogens is 1. The Morgan fingerprint density at radius 2 is 1.68 bits per heavy atom. The molecule has 2 aliphatic rings. The minimum absolute atomic E-state index is 0. The van der Waals surface area contributed by atoms with Crippen LogP contribution in [0.25, 0.3) is 4.72 Å². The van der Waals surface area contributed by atoms with Crippen molar-refractivity contribution in [2.75, 3.05) is 5.32 Å². The number of alkyl halides is 3. The van der Waals surface area contributed by atoms with Crippen molar-refractivity contribution in [2.45, 2.75) is 44.7 Å². The average Bonchev–Trinajstić information content (AvgIpc) is 3.38. The van der Waals surface area contributed by atoms with Crippen molar-refractivity contribution in [3.05, 3.63) is 57.1 Å². The van der Waals surface area contributed by atoms with Gasteiger partial charge in [0, 0.05) is 18.0 Å². The molecule has 12 heteroatoms. The van der Waals surface area contributed by atoms with Crippen LogP contribution in [0, 0.1) is 0 Å². The molecule has 0 radical (unpaired) electrons. The molecule has 0 saturated heterocycles. The van der Waals surface area contributed by atoms with E-state index >= 15 is 0 Å².